The van der Waals surface area contributed by atoms with Crippen molar-refractivity contribution in [2.45, 2.75) is 11.7 Å². The smallest absolute Gasteiger partial charge is 0.272 e. The number of hydrogen-bond acceptors (Lipinski definition) is 6. The van der Waals surface area contributed by atoms with E-state index in [1.54, 1.807) is 11.7 Å². The Morgan fingerprint density at radius 3 is 2.70 bits per heavy atom. The molecule has 4 rings (SSSR count). The molecule has 0 unspecified atom stereocenters. The Kier molecular flexibility index (Phi) is 6.15. The molecule has 0 aliphatic heterocycles. The van der Waals surface area contributed by atoms with E-state index in [4.69, 9.17) is 4.74 Å². The first kappa shape index (κ1) is 20.2. The van der Waals surface area contributed by atoms with Crippen LogP contribution in [0, 0.1) is 0 Å². The Bertz CT molecular complexity index is 1240. The molecule has 0 aliphatic rings. The van der Waals surface area contributed by atoms with Gasteiger partial charge in [0.25, 0.3) is 5.56 Å². The van der Waals surface area contributed by atoms with Crippen LogP contribution in [0.4, 0.5) is 5.69 Å². The van der Waals surface area contributed by atoms with Crippen LogP contribution in [0.25, 0.3) is 10.2 Å². The number of ether oxygens (including phenoxy) is 1. The molecule has 4 aromatic rings. The normalized spacial score (nSPS) is 10.8. The van der Waals surface area contributed by atoms with Crippen molar-refractivity contribution in [2.24, 2.45) is 0 Å². The first-order valence-corrected chi connectivity index (χ1v) is 11.1. The van der Waals surface area contributed by atoms with Gasteiger partial charge in [-0.25, -0.2) is 4.98 Å². The number of para-hydroxylation sites is 2. The number of thioether (sulfide) groups is 1. The van der Waals surface area contributed by atoms with Gasteiger partial charge in [-0.05, 0) is 29.6 Å². The summed E-state index contributed by atoms with van der Waals surface area (Å²) in [4.78, 5) is 30.2. The molecule has 1 amide bonds. The Balaban J connectivity index is 1.62. The van der Waals surface area contributed by atoms with E-state index in [0.29, 0.717) is 27.7 Å². The Labute approximate surface area is 181 Å². The van der Waals surface area contributed by atoms with Crippen LogP contribution in [0.2, 0.25) is 0 Å². The predicted molar refractivity (Wildman–Crippen MR) is 122 cm³/mol. The van der Waals surface area contributed by atoms with Gasteiger partial charge in [-0.1, -0.05) is 48.2 Å². The zero-order valence-electron chi connectivity index (χ0n) is 16.2. The molecule has 0 saturated heterocycles. The standard InChI is InChI=1S/C22H19N3O3S2/c1-28-18-10-6-5-7-15(18)13-25-21(27)20-17(11-12-29-20)24-22(25)30-14-19(26)23-16-8-3-2-4-9-16/h2-12H,13-14H2,1H3,(H,23,26). The van der Waals surface area contributed by atoms with Gasteiger partial charge in [-0.2, -0.15) is 0 Å². The van der Waals surface area contributed by atoms with Gasteiger partial charge in [-0.15, -0.1) is 11.3 Å². The average Bonchev–Trinajstić information content (AvgIpc) is 3.24. The second kappa shape index (κ2) is 9.15. The maximum Gasteiger partial charge on any atom is 0.272 e. The van der Waals surface area contributed by atoms with Crippen LogP contribution in [0.3, 0.4) is 0 Å². The third-order valence-electron chi connectivity index (χ3n) is 4.44. The zero-order chi connectivity index (χ0) is 20.9. The van der Waals surface area contributed by atoms with E-state index in [1.165, 1.54) is 23.1 Å². The molecule has 6 nitrogen and oxygen atoms in total. The van der Waals surface area contributed by atoms with E-state index >= 15 is 0 Å². The lowest BCUT2D eigenvalue weighted by atomic mass is 10.2. The molecule has 8 heteroatoms. The van der Waals surface area contributed by atoms with Crippen LogP contribution >= 0.6 is 23.1 Å². The minimum atomic E-state index is -0.158. The van der Waals surface area contributed by atoms with E-state index < -0.39 is 0 Å². The van der Waals surface area contributed by atoms with Crippen LogP contribution in [-0.4, -0.2) is 28.3 Å². The van der Waals surface area contributed by atoms with Gasteiger partial charge >= 0.3 is 0 Å². The molecule has 152 valence electrons. The molecule has 0 atom stereocenters. The number of benzene rings is 2. The number of fused-ring (bicyclic) bond motifs is 1. The lowest BCUT2D eigenvalue weighted by Gasteiger charge is -2.14. The summed E-state index contributed by atoms with van der Waals surface area (Å²) in [7, 11) is 1.60. The number of carbonyl (C=O) groups is 1. The number of carbonyl (C=O) groups excluding carboxylic acids is 1. The van der Waals surface area contributed by atoms with Crippen molar-refractivity contribution in [1.82, 2.24) is 9.55 Å². The summed E-state index contributed by atoms with van der Waals surface area (Å²) in [5.74, 6) is 0.686. The van der Waals surface area contributed by atoms with Crippen LogP contribution < -0.4 is 15.6 Å². The Morgan fingerprint density at radius 1 is 1.13 bits per heavy atom. The Morgan fingerprint density at radius 2 is 1.90 bits per heavy atom. The summed E-state index contributed by atoms with van der Waals surface area (Å²) >= 11 is 2.61. The van der Waals surface area contributed by atoms with Gasteiger partial charge in [0, 0.05) is 11.3 Å². The van der Waals surface area contributed by atoms with Gasteiger partial charge in [0.1, 0.15) is 10.4 Å². The van der Waals surface area contributed by atoms with Crippen LogP contribution in [0.15, 0.2) is 76.0 Å². The van der Waals surface area contributed by atoms with Crippen molar-refractivity contribution in [1.29, 1.82) is 0 Å². The highest BCUT2D eigenvalue weighted by atomic mass is 32.2. The van der Waals surface area contributed by atoms with E-state index in [1.807, 2.05) is 66.0 Å². The minimum absolute atomic E-state index is 0.119. The number of amides is 1. The molecule has 0 radical (unpaired) electrons. The summed E-state index contributed by atoms with van der Waals surface area (Å²) in [6.07, 6.45) is 0. The molecule has 0 fully saturated rings. The van der Waals surface area contributed by atoms with E-state index in [2.05, 4.69) is 10.3 Å². The summed E-state index contributed by atoms with van der Waals surface area (Å²) in [6, 6.07) is 18.7. The Hall–Kier alpha value is -3.10. The van der Waals surface area contributed by atoms with Crippen molar-refractivity contribution in [3.8, 4) is 5.75 Å². The fourth-order valence-electron chi connectivity index (χ4n) is 3.03. The maximum absolute atomic E-state index is 13.1. The quantitative estimate of drug-likeness (QED) is 0.346. The highest BCUT2D eigenvalue weighted by molar-refractivity contribution is 7.99. The maximum atomic E-state index is 13.1. The highest BCUT2D eigenvalue weighted by Crippen LogP contribution is 2.24. The summed E-state index contributed by atoms with van der Waals surface area (Å²) in [6.45, 7) is 0.312. The fraction of sp³-hybridized carbons (Fsp3) is 0.136. The third-order valence-corrected chi connectivity index (χ3v) is 6.31. The topological polar surface area (TPSA) is 73.2 Å². The zero-order valence-corrected chi connectivity index (χ0v) is 17.8. The SMILES string of the molecule is COc1ccccc1Cn1c(SCC(=O)Nc2ccccc2)nc2ccsc2c1=O. The number of hydrogen-bond donors (Lipinski definition) is 1. The number of thiophene rings is 1. The number of rotatable bonds is 7. The van der Waals surface area contributed by atoms with Crippen molar-refractivity contribution in [3.63, 3.8) is 0 Å². The number of methoxy groups -OCH3 is 1. The molecule has 0 spiro atoms. The van der Waals surface area contributed by atoms with Gasteiger partial charge in [-0.3, -0.25) is 14.2 Å². The predicted octanol–water partition coefficient (Wildman–Crippen LogP) is 4.25. The minimum Gasteiger partial charge on any atom is -0.496 e. The largest absolute Gasteiger partial charge is 0.496 e. The van der Waals surface area contributed by atoms with E-state index in [-0.39, 0.29) is 17.2 Å². The molecule has 1 N–H and O–H groups in total. The van der Waals surface area contributed by atoms with Crippen molar-refractivity contribution in [3.05, 3.63) is 82.0 Å². The number of nitrogens with zero attached hydrogens (tertiary/aromatic N) is 2. The molecule has 2 heterocycles. The lowest BCUT2D eigenvalue weighted by molar-refractivity contribution is -0.113. The van der Waals surface area contributed by atoms with E-state index in [9.17, 15) is 9.59 Å². The van der Waals surface area contributed by atoms with Crippen molar-refractivity contribution >= 4 is 44.9 Å². The van der Waals surface area contributed by atoms with E-state index in [0.717, 1.165) is 11.3 Å². The monoisotopic (exact) mass is 437 g/mol. The summed E-state index contributed by atoms with van der Waals surface area (Å²) in [5.41, 5.74) is 2.13. The fourth-order valence-corrected chi connectivity index (χ4v) is 4.60. The first-order valence-electron chi connectivity index (χ1n) is 9.23. The second-order valence-electron chi connectivity index (χ2n) is 6.44. The van der Waals surface area contributed by atoms with Gasteiger partial charge < -0.3 is 10.1 Å². The van der Waals surface area contributed by atoms with Crippen LogP contribution in [0.1, 0.15) is 5.56 Å². The van der Waals surface area contributed by atoms with Crippen LogP contribution in [0.5, 0.6) is 5.75 Å². The molecule has 2 aromatic heterocycles. The van der Waals surface area contributed by atoms with Crippen molar-refractivity contribution < 1.29 is 9.53 Å². The highest BCUT2D eigenvalue weighted by Gasteiger charge is 2.16. The third kappa shape index (κ3) is 4.39. The average molecular weight is 438 g/mol. The van der Waals surface area contributed by atoms with Gasteiger partial charge in [0.15, 0.2) is 5.16 Å². The number of aromatic nitrogens is 2. The molecule has 30 heavy (non-hydrogen) atoms. The second-order valence-corrected chi connectivity index (χ2v) is 8.29. The number of anilines is 1. The molecular weight excluding hydrogens is 418 g/mol. The molecule has 0 saturated carbocycles. The molecule has 2 aromatic carbocycles. The first-order chi connectivity index (χ1) is 14.7. The van der Waals surface area contributed by atoms with Crippen LogP contribution in [-0.2, 0) is 11.3 Å². The lowest BCUT2D eigenvalue weighted by Crippen LogP contribution is -2.24. The number of nitrogens with one attached hydrogen (secondary N) is 1. The molecular formula is C22H19N3O3S2. The molecule has 0 bridgehead atoms. The van der Waals surface area contributed by atoms with Crippen molar-refractivity contribution in [2.75, 3.05) is 18.2 Å². The van der Waals surface area contributed by atoms with Gasteiger partial charge in [0.05, 0.1) is 24.9 Å². The molecule has 0 aliphatic carbocycles. The van der Waals surface area contributed by atoms with Gasteiger partial charge in [0.2, 0.25) is 5.91 Å². The summed E-state index contributed by atoms with van der Waals surface area (Å²) < 4.78 is 7.64. The summed E-state index contributed by atoms with van der Waals surface area (Å²) in [5, 5.41) is 5.20.